The van der Waals surface area contributed by atoms with E-state index in [0.29, 0.717) is 17.9 Å². The molecule has 3 aliphatic heterocycles. The molecular formula is C27H41N3O4. The lowest BCUT2D eigenvalue weighted by atomic mass is 9.63. The minimum atomic E-state index is -1.07. The van der Waals surface area contributed by atoms with Gasteiger partial charge in [0.2, 0.25) is 0 Å². The van der Waals surface area contributed by atoms with Crippen molar-refractivity contribution in [3.05, 3.63) is 11.8 Å². The van der Waals surface area contributed by atoms with Gasteiger partial charge in [0.25, 0.3) is 0 Å². The number of Topliss-reactive ketones (excluding diaryl/α,β-unsaturated/α-hetero) is 1. The van der Waals surface area contributed by atoms with E-state index in [9.17, 15) is 14.7 Å². The first-order valence-corrected chi connectivity index (χ1v) is 13.9. The molecule has 0 aromatic heterocycles. The highest BCUT2D eigenvalue weighted by molar-refractivity contribution is 6.18. The number of ether oxygens (including phenoxy) is 1. The fraction of sp³-hybridized carbons (Fsp3) is 0.852. The van der Waals surface area contributed by atoms with Crippen molar-refractivity contribution < 1.29 is 19.4 Å². The molecule has 0 aromatic rings. The average Bonchev–Trinajstić information content (AvgIpc) is 3.25. The number of carboxylic acid groups (broad SMARTS) is 1. The number of ketones is 1. The highest BCUT2D eigenvalue weighted by Crippen LogP contribution is 2.50. The van der Waals surface area contributed by atoms with Gasteiger partial charge in [-0.15, -0.1) is 0 Å². The van der Waals surface area contributed by atoms with E-state index in [4.69, 9.17) is 4.74 Å². The van der Waals surface area contributed by atoms with Crippen LogP contribution >= 0.6 is 0 Å². The zero-order valence-electron chi connectivity index (χ0n) is 20.5. The minimum absolute atomic E-state index is 0.00531. The van der Waals surface area contributed by atoms with E-state index < -0.39 is 5.97 Å². The molecule has 2 saturated heterocycles. The van der Waals surface area contributed by atoms with Gasteiger partial charge in [0, 0.05) is 24.2 Å². The van der Waals surface area contributed by atoms with Crippen LogP contribution in [0.4, 0.5) is 0 Å². The fourth-order valence-corrected chi connectivity index (χ4v) is 8.57. The van der Waals surface area contributed by atoms with Crippen LogP contribution in [0, 0.1) is 17.8 Å². The summed E-state index contributed by atoms with van der Waals surface area (Å²) >= 11 is 0. The maximum atomic E-state index is 13.2. The summed E-state index contributed by atoms with van der Waals surface area (Å²) in [4.78, 5) is 30.1. The number of morpholine rings is 1. The molecule has 34 heavy (non-hydrogen) atoms. The predicted molar refractivity (Wildman–Crippen MR) is 128 cm³/mol. The lowest BCUT2D eigenvalue weighted by molar-refractivity contribution is -0.207. The maximum absolute atomic E-state index is 13.2. The second-order valence-corrected chi connectivity index (χ2v) is 11.9. The number of aliphatic carboxylic acids is 1. The van der Waals surface area contributed by atoms with Crippen LogP contribution < -0.4 is 5.32 Å². The number of nitrogens with one attached hydrogen (secondary N) is 1. The van der Waals surface area contributed by atoms with E-state index in [2.05, 4.69) is 22.2 Å². The van der Waals surface area contributed by atoms with Gasteiger partial charge < -0.3 is 25.0 Å². The van der Waals surface area contributed by atoms with Crippen molar-refractivity contribution in [3.63, 3.8) is 0 Å². The molecule has 0 spiro atoms. The van der Waals surface area contributed by atoms with Gasteiger partial charge in [-0.2, -0.15) is 0 Å². The van der Waals surface area contributed by atoms with Crippen LogP contribution in [0.1, 0.15) is 70.6 Å². The molecule has 9 unspecified atom stereocenters. The first-order chi connectivity index (χ1) is 16.5. The third kappa shape index (κ3) is 3.82. The van der Waals surface area contributed by atoms with Gasteiger partial charge in [0.05, 0.1) is 24.3 Å². The van der Waals surface area contributed by atoms with Crippen LogP contribution in [-0.2, 0) is 14.3 Å². The Hall–Kier alpha value is -1.44. The summed E-state index contributed by atoms with van der Waals surface area (Å²) in [5.41, 5.74) is -0.00531. The Kier molecular flexibility index (Phi) is 6.23. The number of hydrogen-bond acceptors (Lipinski definition) is 6. The molecule has 7 heteroatoms. The SMILES string of the molecule is CN1CCCC1CCNC1CCC2C(=O)C(C(=O)O)=CN3C4C(CCC5CCCCC54)OC1C23. The molecule has 5 fully saturated rings. The molecule has 2 N–H and O–H groups in total. The zero-order chi connectivity index (χ0) is 23.4. The van der Waals surface area contributed by atoms with Crippen molar-refractivity contribution >= 4 is 11.8 Å². The molecular weight excluding hydrogens is 430 g/mol. The normalized spacial score (nSPS) is 44.1. The van der Waals surface area contributed by atoms with Crippen LogP contribution in [0.3, 0.4) is 0 Å². The van der Waals surface area contributed by atoms with Crippen molar-refractivity contribution in [2.45, 2.75) is 107 Å². The van der Waals surface area contributed by atoms with Gasteiger partial charge in [-0.25, -0.2) is 4.79 Å². The van der Waals surface area contributed by atoms with Gasteiger partial charge in [-0.3, -0.25) is 4.79 Å². The quantitative estimate of drug-likeness (QED) is 0.597. The molecule has 0 bridgehead atoms. The monoisotopic (exact) mass is 471 g/mol. The zero-order valence-corrected chi connectivity index (χ0v) is 20.5. The molecule has 188 valence electrons. The Labute approximate surface area is 203 Å². The summed E-state index contributed by atoms with van der Waals surface area (Å²) in [5, 5.41) is 13.7. The van der Waals surface area contributed by atoms with Crippen molar-refractivity contribution in [3.8, 4) is 0 Å². The molecule has 0 radical (unpaired) electrons. The molecule has 9 atom stereocenters. The number of carboxylic acids is 1. The lowest BCUT2D eigenvalue weighted by Crippen LogP contribution is -2.72. The average molecular weight is 472 g/mol. The Morgan fingerprint density at radius 3 is 2.74 bits per heavy atom. The summed E-state index contributed by atoms with van der Waals surface area (Å²) in [7, 11) is 2.23. The van der Waals surface area contributed by atoms with Crippen LogP contribution in [0.15, 0.2) is 11.8 Å². The molecule has 6 rings (SSSR count). The third-order valence-corrected chi connectivity index (χ3v) is 10.2. The number of likely N-dealkylation sites (tertiary alicyclic amines) is 1. The summed E-state index contributed by atoms with van der Waals surface area (Å²) < 4.78 is 6.94. The molecule has 6 aliphatic rings. The van der Waals surface area contributed by atoms with E-state index >= 15 is 0 Å². The molecule has 3 aliphatic carbocycles. The number of nitrogens with zero attached hydrogens (tertiary/aromatic N) is 2. The summed E-state index contributed by atoms with van der Waals surface area (Å²) in [6, 6.07) is 1.08. The highest BCUT2D eigenvalue weighted by atomic mass is 16.5. The van der Waals surface area contributed by atoms with Crippen molar-refractivity contribution in [2.75, 3.05) is 20.1 Å². The molecule has 3 saturated carbocycles. The Morgan fingerprint density at radius 2 is 1.94 bits per heavy atom. The van der Waals surface area contributed by atoms with Gasteiger partial charge in [0.1, 0.15) is 5.57 Å². The summed E-state index contributed by atoms with van der Waals surface area (Å²) in [5.74, 6) is -0.235. The second-order valence-electron chi connectivity index (χ2n) is 11.9. The van der Waals surface area contributed by atoms with Crippen LogP contribution in [0.25, 0.3) is 0 Å². The van der Waals surface area contributed by atoms with Gasteiger partial charge in [-0.05, 0) is 83.3 Å². The maximum Gasteiger partial charge on any atom is 0.340 e. The first-order valence-electron chi connectivity index (χ1n) is 13.9. The van der Waals surface area contributed by atoms with E-state index in [-0.39, 0.29) is 47.6 Å². The van der Waals surface area contributed by atoms with Crippen molar-refractivity contribution in [1.82, 2.24) is 15.1 Å². The molecule has 7 nitrogen and oxygen atoms in total. The third-order valence-electron chi connectivity index (χ3n) is 10.2. The second kappa shape index (κ2) is 9.21. The van der Waals surface area contributed by atoms with Crippen LogP contribution in [0.2, 0.25) is 0 Å². The Balaban J connectivity index is 1.26. The van der Waals surface area contributed by atoms with E-state index in [1.807, 2.05) is 0 Å². The van der Waals surface area contributed by atoms with E-state index in [1.54, 1.807) is 6.20 Å². The predicted octanol–water partition coefficient (Wildman–Crippen LogP) is 2.80. The van der Waals surface area contributed by atoms with Gasteiger partial charge >= 0.3 is 5.97 Å². The highest BCUT2D eigenvalue weighted by Gasteiger charge is 2.58. The fourth-order valence-electron chi connectivity index (χ4n) is 8.57. The lowest BCUT2D eigenvalue weighted by Gasteiger charge is -2.61. The largest absolute Gasteiger partial charge is 0.478 e. The van der Waals surface area contributed by atoms with E-state index in [1.165, 1.54) is 51.5 Å². The molecule has 0 aromatic carbocycles. The number of carbonyl (C=O) groups is 2. The topological polar surface area (TPSA) is 82.1 Å². The Bertz CT molecular complexity index is 846. The van der Waals surface area contributed by atoms with E-state index in [0.717, 1.165) is 32.2 Å². The van der Waals surface area contributed by atoms with Crippen LogP contribution in [-0.4, -0.2) is 83.2 Å². The summed E-state index contributed by atoms with van der Waals surface area (Å²) in [6.07, 6.45) is 14.5. The smallest absolute Gasteiger partial charge is 0.340 e. The number of hydrogen-bond donors (Lipinski definition) is 2. The number of rotatable bonds is 5. The summed E-state index contributed by atoms with van der Waals surface area (Å²) in [6.45, 7) is 2.17. The van der Waals surface area contributed by atoms with Gasteiger partial charge in [-0.1, -0.05) is 19.3 Å². The molecule has 0 amide bonds. The van der Waals surface area contributed by atoms with Crippen molar-refractivity contribution in [2.24, 2.45) is 17.8 Å². The first kappa shape index (κ1) is 23.0. The van der Waals surface area contributed by atoms with Crippen LogP contribution in [0.5, 0.6) is 0 Å². The van der Waals surface area contributed by atoms with Gasteiger partial charge in [0.15, 0.2) is 5.78 Å². The number of fused-ring (bicyclic) bond motifs is 4. The Morgan fingerprint density at radius 1 is 1.09 bits per heavy atom. The van der Waals surface area contributed by atoms with Crippen molar-refractivity contribution in [1.29, 1.82) is 0 Å². The number of carbonyl (C=O) groups excluding carboxylic acids is 1. The molecule has 3 heterocycles. The minimum Gasteiger partial charge on any atom is -0.478 e. The standard InChI is InChI=1S/C27H41N3O4/c1-29-14-4-6-17(29)12-13-28-21-10-9-19-24-26(21)34-22-11-8-16-5-2-3-7-18(16)23(22)30(24)15-20(25(19)31)27(32)33/h15-19,21-24,26,28H,2-14H2,1H3,(H,32,33).